The molecule has 0 N–H and O–H groups in total. The van der Waals surface area contributed by atoms with E-state index in [2.05, 4.69) is 53.5 Å². The molecule has 4 aromatic rings. The van der Waals surface area contributed by atoms with Gasteiger partial charge in [-0.2, -0.15) is 10.2 Å². The second kappa shape index (κ2) is 9.02. The fourth-order valence-electron chi connectivity index (χ4n) is 4.43. The van der Waals surface area contributed by atoms with E-state index in [0.717, 1.165) is 42.1 Å². The summed E-state index contributed by atoms with van der Waals surface area (Å²) < 4.78 is 3.86. The lowest BCUT2D eigenvalue weighted by atomic mass is 10.1. The topological polar surface area (TPSA) is 51.2 Å². The van der Waals surface area contributed by atoms with E-state index < -0.39 is 0 Å². The highest BCUT2D eigenvalue weighted by molar-refractivity contribution is 5.61. The maximum absolute atomic E-state index is 4.80. The molecule has 160 valence electrons. The van der Waals surface area contributed by atoms with Gasteiger partial charge in [-0.1, -0.05) is 30.3 Å². The molecule has 1 aliphatic rings. The average Bonchev–Trinajstić information content (AvgIpc) is 3.55. The molecule has 0 saturated carbocycles. The Morgan fingerprint density at radius 2 is 1.77 bits per heavy atom. The van der Waals surface area contributed by atoms with Crippen LogP contribution in [0.3, 0.4) is 0 Å². The van der Waals surface area contributed by atoms with Crippen molar-refractivity contribution in [2.45, 2.75) is 45.6 Å². The summed E-state index contributed by atoms with van der Waals surface area (Å²) in [6.45, 7) is 6.74. The third-order valence-electron chi connectivity index (χ3n) is 6.18. The summed E-state index contributed by atoms with van der Waals surface area (Å²) in [6, 6.07) is 15.1. The predicted octanol–water partition coefficient (Wildman–Crippen LogP) is 4.23. The van der Waals surface area contributed by atoms with E-state index in [1.165, 1.54) is 50.0 Å². The van der Waals surface area contributed by atoms with Crippen LogP contribution in [-0.2, 0) is 19.4 Å². The van der Waals surface area contributed by atoms with E-state index in [1.807, 2.05) is 27.5 Å². The van der Waals surface area contributed by atoms with Gasteiger partial charge in [-0.05, 0) is 75.5 Å². The lowest BCUT2D eigenvalue weighted by molar-refractivity contribution is 0.334. The highest BCUT2D eigenvalue weighted by atomic mass is 15.3. The normalized spacial score (nSPS) is 14.6. The fourth-order valence-corrected chi connectivity index (χ4v) is 4.43. The van der Waals surface area contributed by atoms with Gasteiger partial charge in [0.2, 0.25) is 0 Å². The number of aryl methyl sites for hydroxylation is 2. The lowest BCUT2D eigenvalue weighted by Crippen LogP contribution is -2.20. The van der Waals surface area contributed by atoms with Gasteiger partial charge in [0.15, 0.2) is 11.5 Å². The Morgan fingerprint density at radius 3 is 2.55 bits per heavy atom. The van der Waals surface area contributed by atoms with Crippen LogP contribution in [0.1, 0.15) is 43.1 Å². The molecular weight excluding hydrogens is 384 g/mol. The van der Waals surface area contributed by atoms with E-state index in [9.17, 15) is 0 Å². The summed E-state index contributed by atoms with van der Waals surface area (Å²) in [4.78, 5) is 7.34. The highest BCUT2D eigenvalue weighted by Crippen LogP contribution is 2.20. The predicted molar refractivity (Wildman–Crippen MR) is 123 cm³/mol. The van der Waals surface area contributed by atoms with Gasteiger partial charge in [0.05, 0.1) is 11.9 Å². The van der Waals surface area contributed by atoms with E-state index in [1.54, 1.807) is 0 Å². The molecular formula is C25H30N6. The van der Waals surface area contributed by atoms with Crippen LogP contribution in [0.15, 0.2) is 54.9 Å². The first kappa shape index (κ1) is 19.9. The Labute approximate surface area is 183 Å². The van der Waals surface area contributed by atoms with Crippen molar-refractivity contribution in [3.05, 3.63) is 71.8 Å². The van der Waals surface area contributed by atoms with Crippen molar-refractivity contribution in [2.24, 2.45) is 0 Å². The van der Waals surface area contributed by atoms with Crippen molar-refractivity contribution in [1.82, 2.24) is 29.3 Å². The number of hydrogen-bond acceptors (Lipinski definition) is 4. The maximum Gasteiger partial charge on any atom is 0.156 e. The minimum atomic E-state index is 0.739. The van der Waals surface area contributed by atoms with Gasteiger partial charge in [-0.25, -0.2) is 9.50 Å². The van der Waals surface area contributed by atoms with Gasteiger partial charge >= 0.3 is 0 Å². The molecule has 3 aromatic heterocycles. The quantitative estimate of drug-likeness (QED) is 0.433. The Hall–Kier alpha value is -2.99. The molecule has 0 radical (unpaired) electrons. The van der Waals surface area contributed by atoms with Gasteiger partial charge in [0.25, 0.3) is 0 Å². The summed E-state index contributed by atoms with van der Waals surface area (Å²) in [7, 11) is 0. The number of likely N-dealkylation sites (tertiary alicyclic amines) is 1. The first-order chi connectivity index (χ1) is 15.3. The zero-order valence-electron chi connectivity index (χ0n) is 18.2. The van der Waals surface area contributed by atoms with Crippen LogP contribution in [0.25, 0.3) is 16.9 Å². The van der Waals surface area contributed by atoms with Crippen LogP contribution in [-0.4, -0.2) is 48.9 Å². The molecule has 1 saturated heterocycles. The number of hydrogen-bond donors (Lipinski definition) is 0. The third kappa shape index (κ3) is 4.54. The Balaban J connectivity index is 1.26. The highest BCUT2D eigenvalue weighted by Gasteiger charge is 2.12. The molecule has 5 rings (SSSR count). The lowest BCUT2D eigenvalue weighted by Gasteiger charge is -2.13. The van der Waals surface area contributed by atoms with Gasteiger partial charge < -0.3 is 4.90 Å². The van der Waals surface area contributed by atoms with Crippen LogP contribution in [0.2, 0.25) is 0 Å². The molecule has 0 bridgehead atoms. The first-order valence-corrected chi connectivity index (χ1v) is 11.5. The van der Waals surface area contributed by atoms with E-state index in [-0.39, 0.29) is 0 Å². The van der Waals surface area contributed by atoms with E-state index in [4.69, 9.17) is 10.1 Å². The van der Waals surface area contributed by atoms with Crippen LogP contribution < -0.4 is 0 Å². The van der Waals surface area contributed by atoms with Crippen molar-refractivity contribution >= 4 is 5.65 Å². The van der Waals surface area contributed by atoms with Crippen molar-refractivity contribution < 1.29 is 0 Å². The smallest absolute Gasteiger partial charge is 0.156 e. The monoisotopic (exact) mass is 414 g/mol. The van der Waals surface area contributed by atoms with E-state index in [0.29, 0.717) is 0 Å². The molecule has 1 fully saturated rings. The molecule has 6 nitrogen and oxygen atoms in total. The van der Waals surface area contributed by atoms with Crippen LogP contribution >= 0.6 is 0 Å². The summed E-state index contributed by atoms with van der Waals surface area (Å²) >= 11 is 0. The molecule has 1 aromatic carbocycles. The van der Waals surface area contributed by atoms with Gasteiger partial charge in [-0.3, -0.25) is 4.68 Å². The first-order valence-electron chi connectivity index (χ1n) is 11.5. The summed E-state index contributed by atoms with van der Waals surface area (Å²) in [6.07, 6.45) is 9.82. The van der Waals surface area contributed by atoms with Crippen LogP contribution in [0.5, 0.6) is 0 Å². The molecule has 1 aliphatic heterocycles. The standard InChI is InChI=1S/C25H30N6/c1-2-30-19-22(18-26-30)23-8-5-9-25-27-24(28-31(23)25)17-21-12-10-20(11-13-21)7-6-16-29-14-3-4-15-29/h5,8-13,18-19H,2-4,6-7,14-17H2,1H3. The van der Waals surface area contributed by atoms with Crippen LogP contribution in [0, 0.1) is 0 Å². The molecule has 31 heavy (non-hydrogen) atoms. The number of rotatable bonds is 8. The van der Waals surface area contributed by atoms with Crippen molar-refractivity contribution in [3.8, 4) is 11.3 Å². The number of pyridine rings is 1. The fraction of sp³-hybridized carbons (Fsp3) is 0.400. The summed E-state index contributed by atoms with van der Waals surface area (Å²) in [5.41, 5.74) is 5.61. The molecule has 0 aliphatic carbocycles. The zero-order chi connectivity index (χ0) is 21.0. The summed E-state index contributed by atoms with van der Waals surface area (Å²) in [5, 5.41) is 9.20. The number of aromatic nitrogens is 5. The van der Waals surface area contributed by atoms with Gasteiger partial charge in [0, 0.05) is 24.7 Å². The van der Waals surface area contributed by atoms with E-state index >= 15 is 0 Å². The average molecular weight is 415 g/mol. The molecule has 0 spiro atoms. The Kier molecular flexibility index (Phi) is 5.80. The molecule has 0 amide bonds. The molecule has 6 heteroatoms. The number of benzene rings is 1. The Morgan fingerprint density at radius 1 is 0.968 bits per heavy atom. The minimum Gasteiger partial charge on any atom is -0.303 e. The molecule has 4 heterocycles. The second-order valence-electron chi connectivity index (χ2n) is 8.44. The van der Waals surface area contributed by atoms with Gasteiger partial charge in [-0.15, -0.1) is 0 Å². The van der Waals surface area contributed by atoms with Gasteiger partial charge in [0.1, 0.15) is 0 Å². The van der Waals surface area contributed by atoms with Crippen molar-refractivity contribution in [1.29, 1.82) is 0 Å². The Bertz CT molecular complexity index is 1130. The largest absolute Gasteiger partial charge is 0.303 e. The third-order valence-corrected chi connectivity index (χ3v) is 6.18. The van der Waals surface area contributed by atoms with Crippen LogP contribution in [0.4, 0.5) is 0 Å². The second-order valence-corrected chi connectivity index (χ2v) is 8.44. The maximum atomic E-state index is 4.80. The molecule has 0 unspecified atom stereocenters. The zero-order valence-corrected chi connectivity index (χ0v) is 18.2. The SMILES string of the molecule is CCn1cc(-c2cccc3nc(Cc4ccc(CCCN5CCCC5)cc4)nn23)cn1. The number of fused-ring (bicyclic) bond motifs is 1. The minimum absolute atomic E-state index is 0.739. The van der Waals surface area contributed by atoms with Crippen molar-refractivity contribution in [2.75, 3.05) is 19.6 Å². The summed E-state index contributed by atoms with van der Waals surface area (Å²) in [5.74, 6) is 0.845. The molecule has 0 atom stereocenters. The number of nitrogens with zero attached hydrogens (tertiary/aromatic N) is 6. The van der Waals surface area contributed by atoms with Crippen molar-refractivity contribution in [3.63, 3.8) is 0 Å².